The van der Waals surface area contributed by atoms with Crippen molar-refractivity contribution in [1.82, 2.24) is 0 Å². The molecule has 1 saturated carbocycles. The highest BCUT2D eigenvalue weighted by atomic mass is 16.5. The fourth-order valence-electron chi connectivity index (χ4n) is 3.29. The number of hydrogen-bond acceptors (Lipinski definition) is 4. The van der Waals surface area contributed by atoms with Gasteiger partial charge >= 0.3 is 5.97 Å². The lowest BCUT2D eigenvalue weighted by molar-refractivity contribution is -0.138. The first-order valence-corrected chi connectivity index (χ1v) is 7.83. The Morgan fingerprint density at radius 3 is 2.77 bits per heavy atom. The first-order chi connectivity index (χ1) is 10.5. The lowest BCUT2D eigenvalue weighted by atomic mass is 9.74. The molecule has 1 aromatic rings. The highest BCUT2D eigenvalue weighted by Crippen LogP contribution is 2.39. The van der Waals surface area contributed by atoms with Crippen LogP contribution in [-0.2, 0) is 4.79 Å². The average molecular weight is 307 g/mol. The summed E-state index contributed by atoms with van der Waals surface area (Å²) in [5.74, 6) is 1.05. The number of ether oxygens (including phenoxy) is 2. The molecule has 122 valence electrons. The topological polar surface area (TPSA) is 81.8 Å². The van der Waals surface area contributed by atoms with Gasteiger partial charge in [-0.25, -0.2) is 0 Å². The minimum atomic E-state index is -0.732. The van der Waals surface area contributed by atoms with E-state index in [1.807, 2.05) is 25.1 Å². The van der Waals surface area contributed by atoms with Crippen molar-refractivity contribution in [2.45, 2.75) is 44.6 Å². The van der Waals surface area contributed by atoms with E-state index in [1.54, 1.807) is 7.11 Å². The van der Waals surface area contributed by atoms with Crippen LogP contribution in [0.25, 0.3) is 0 Å². The third-order valence-corrected chi connectivity index (χ3v) is 4.39. The molecule has 0 radical (unpaired) electrons. The van der Waals surface area contributed by atoms with Gasteiger partial charge in [0.2, 0.25) is 0 Å². The van der Waals surface area contributed by atoms with Crippen LogP contribution in [0.2, 0.25) is 0 Å². The predicted molar refractivity (Wildman–Crippen MR) is 84.5 cm³/mol. The molecule has 1 aliphatic rings. The zero-order valence-electron chi connectivity index (χ0n) is 13.2. The second-order valence-electron chi connectivity index (χ2n) is 5.89. The number of carboxylic acids is 1. The lowest BCUT2D eigenvalue weighted by Gasteiger charge is -2.34. The van der Waals surface area contributed by atoms with Crippen molar-refractivity contribution in [3.63, 3.8) is 0 Å². The molecule has 3 N–H and O–H groups in total. The van der Waals surface area contributed by atoms with Crippen molar-refractivity contribution in [3.8, 4) is 11.5 Å². The number of carbonyl (C=O) groups is 1. The van der Waals surface area contributed by atoms with Crippen molar-refractivity contribution in [2.75, 3.05) is 13.7 Å². The maximum Gasteiger partial charge on any atom is 0.303 e. The molecule has 22 heavy (non-hydrogen) atoms. The van der Waals surface area contributed by atoms with Crippen LogP contribution < -0.4 is 15.2 Å². The Balaban J connectivity index is 2.20. The van der Waals surface area contributed by atoms with Gasteiger partial charge in [-0.3, -0.25) is 4.79 Å². The van der Waals surface area contributed by atoms with Crippen LogP contribution in [0.3, 0.4) is 0 Å². The maximum atomic E-state index is 10.9. The molecule has 0 heterocycles. The summed E-state index contributed by atoms with van der Waals surface area (Å²) in [5.41, 5.74) is 7.38. The fraction of sp³-hybridized carbons (Fsp3) is 0.588. The highest BCUT2D eigenvalue weighted by molar-refractivity contribution is 5.67. The molecule has 1 fully saturated rings. The summed E-state index contributed by atoms with van der Waals surface area (Å²) in [4.78, 5) is 10.9. The van der Waals surface area contributed by atoms with Crippen LogP contribution in [0, 0.1) is 5.92 Å². The van der Waals surface area contributed by atoms with E-state index in [-0.39, 0.29) is 24.3 Å². The zero-order chi connectivity index (χ0) is 16.1. The van der Waals surface area contributed by atoms with Crippen LogP contribution in [0.5, 0.6) is 11.5 Å². The number of nitrogens with two attached hydrogens (primary N) is 1. The average Bonchev–Trinajstić information content (AvgIpc) is 2.49. The quantitative estimate of drug-likeness (QED) is 0.844. The van der Waals surface area contributed by atoms with Gasteiger partial charge in [0.15, 0.2) is 11.5 Å². The first kappa shape index (κ1) is 16.6. The molecule has 3 unspecified atom stereocenters. The smallest absolute Gasteiger partial charge is 0.303 e. The van der Waals surface area contributed by atoms with Crippen LogP contribution >= 0.6 is 0 Å². The molecule has 2 rings (SSSR count). The van der Waals surface area contributed by atoms with Crippen LogP contribution in [0.1, 0.15) is 44.1 Å². The monoisotopic (exact) mass is 307 g/mol. The molecule has 0 amide bonds. The Morgan fingerprint density at radius 2 is 2.14 bits per heavy atom. The summed E-state index contributed by atoms with van der Waals surface area (Å²) in [5, 5.41) is 9.00. The van der Waals surface area contributed by atoms with E-state index in [4.69, 9.17) is 20.3 Å². The van der Waals surface area contributed by atoms with Gasteiger partial charge in [-0.1, -0.05) is 6.07 Å². The van der Waals surface area contributed by atoms with Crippen molar-refractivity contribution >= 4 is 5.97 Å². The van der Waals surface area contributed by atoms with E-state index in [9.17, 15) is 4.79 Å². The molecule has 1 aromatic carbocycles. The van der Waals surface area contributed by atoms with Gasteiger partial charge in [0, 0.05) is 12.5 Å². The third kappa shape index (κ3) is 3.91. The van der Waals surface area contributed by atoms with Gasteiger partial charge in [0.1, 0.15) is 0 Å². The molecular weight excluding hydrogens is 282 g/mol. The Labute approximate surface area is 131 Å². The maximum absolute atomic E-state index is 10.9. The van der Waals surface area contributed by atoms with Crippen molar-refractivity contribution in [1.29, 1.82) is 0 Å². The molecule has 5 heteroatoms. The Bertz CT molecular complexity index is 517. The van der Waals surface area contributed by atoms with Crippen LogP contribution in [0.15, 0.2) is 18.2 Å². The molecular formula is C17H25NO4. The largest absolute Gasteiger partial charge is 0.493 e. The second-order valence-corrected chi connectivity index (χ2v) is 5.89. The summed E-state index contributed by atoms with van der Waals surface area (Å²) in [6, 6.07) is 5.95. The van der Waals surface area contributed by atoms with Gasteiger partial charge in [0.25, 0.3) is 0 Å². The summed E-state index contributed by atoms with van der Waals surface area (Å²) in [6.07, 6.45) is 2.78. The SMILES string of the molecule is CCOc1cc(C2CC(CC(=O)O)CCC2N)ccc1OC. The molecule has 0 aromatic heterocycles. The van der Waals surface area contributed by atoms with Crippen LogP contribution in [-0.4, -0.2) is 30.8 Å². The second kappa shape index (κ2) is 7.49. The van der Waals surface area contributed by atoms with Crippen LogP contribution in [0.4, 0.5) is 0 Å². The van der Waals surface area contributed by atoms with E-state index in [1.165, 1.54) is 0 Å². The zero-order valence-corrected chi connectivity index (χ0v) is 13.2. The summed E-state index contributed by atoms with van der Waals surface area (Å²) in [6.45, 7) is 2.50. The molecule has 0 saturated heterocycles. The number of benzene rings is 1. The van der Waals surface area contributed by atoms with E-state index in [0.717, 1.165) is 30.6 Å². The Morgan fingerprint density at radius 1 is 1.36 bits per heavy atom. The minimum Gasteiger partial charge on any atom is -0.493 e. The summed E-state index contributed by atoms with van der Waals surface area (Å²) in [7, 11) is 1.62. The third-order valence-electron chi connectivity index (χ3n) is 4.39. The summed E-state index contributed by atoms with van der Waals surface area (Å²) >= 11 is 0. The van der Waals surface area contributed by atoms with E-state index >= 15 is 0 Å². The molecule has 1 aliphatic carbocycles. The standard InChI is InChI=1S/C17H25NO4/c1-3-22-16-10-12(5-7-15(16)21-2)13-8-11(9-17(19)20)4-6-14(13)18/h5,7,10-11,13-14H,3-4,6,8-9,18H2,1-2H3,(H,19,20). The number of rotatable bonds is 6. The molecule has 0 spiro atoms. The van der Waals surface area contributed by atoms with Crippen molar-refractivity contribution in [2.24, 2.45) is 11.7 Å². The number of carboxylic acid groups (broad SMARTS) is 1. The predicted octanol–water partition coefficient (Wildman–Crippen LogP) is 2.78. The first-order valence-electron chi connectivity index (χ1n) is 7.83. The van der Waals surface area contributed by atoms with E-state index in [2.05, 4.69) is 0 Å². The van der Waals surface area contributed by atoms with E-state index < -0.39 is 5.97 Å². The van der Waals surface area contributed by atoms with Crippen molar-refractivity contribution < 1.29 is 19.4 Å². The van der Waals surface area contributed by atoms with Gasteiger partial charge in [-0.15, -0.1) is 0 Å². The summed E-state index contributed by atoms with van der Waals surface area (Å²) < 4.78 is 10.9. The fourth-order valence-corrected chi connectivity index (χ4v) is 3.29. The van der Waals surface area contributed by atoms with E-state index in [0.29, 0.717) is 12.4 Å². The molecule has 0 aliphatic heterocycles. The number of methoxy groups -OCH3 is 1. The lowest BCUT2D eigenvalue weighted by Crippen LogP contribution is -2.35. The van der Waals surface area contributed by atoms with Gasteiger partial charge in [-0.2, -0.15) is 0 Å². The normalized spacial score (nSPS) is 24.8. The molecule has 0 bridgehead atoms. The van der Waals surface area contributed by atoms with Gasteiger partial charge in [0.05, 0.1) is 13.7 Å². The number of aliphatic carboxylic acids is 1. The van der Waals surface area contributed by atoms with Crippen molar-refractivity contribution in [3.05, 3.63) is 23.8 Å². The Hall–Kier alpha value is -1.75. The Kier molecular flexibility index (Phi) is 5.66. The number of hydrogen-bond donors (Lipinski definition) is 2. The molecule has 3 atom stereocenters. The molecule has 5 nitrogen and oxygen atoms in total. The van der Waals surface area contributed by atoms with Gasteiger partial charge in [-0.05, 0) is 55.7 Å². The van der Waals surface area contributed by atoms with Gasteiger partial charge < -0.3 is 20.3 Å². The highest BCUT2D eigenvalue weighted by Gasteiger charge is 2.30. The minimum absolute atomic E-state index is 0.0629.